The number of hydrogen-bond acceptors (Lipinski definition) is 4. The Morgan fingerprint density at radius 3 is 2.48 bits per heavy atom. The van der Waals surface area contributed by atoms with Gasteiger partial charge in [0, 0.05) is 38.3 Å². The number of nitrogens with one attached hydrogen (secondary N) is 2. The Balaban J connectivity index is 0.00000364. The molecular weight excluding hydrogens is 455 g/mol. The topological polar surface area (TPSA) is 58.1 Å². The summed E-state index contributed by atoms with van der Waals surface area (Å²) >= 11 is 0. The normalized spacial score (nSPS) is 17.2. The number of likely N-dealkylation sites (tertiary alicyclic amines) is 1. The van der Waals surface area contributed by atoms with Crippen LogP contribution in [0.25, 0.3) is 0 Å². The van der Waals surface area contributed by atoms with Gasteiger partial charge in [0.25, 0.3) is 0 Å². The molecule has 1 unspecified atom stereocenters. The molecule has 1 atom stereocenters. The first-order valence-electron chi connectivity index (χ1n) is 9.53. The number of nitrogens with zero attached hydrogens (tertiary/aromatic N) is 2. The van der Waals surface area contributed by atoms with E-state index < -0.39 is 0 Å². The maximum Gasteiger partial charge on any atom is 0.191 e. The minimum atomic E-state index is 0. The zero-order chi connectivity index (χ0) is 18.9. The van der Waals surface area contributed by atoms with E-state index in [0.29, 0.717) is 18.6 Å². The van der Waals surface area contributed by atoms with Crippen molar-refractivity contribution >= 4 is 29.9 Å². The molecule has 0 saturated carbocycles. The van der Waals surface area contributed by atoms with Crippen LogP contribution in [0.4, 0.5) is 0 Å². The number of guanidine groups is 1. The fourth-order valence-electron chi connectivity index (χ4n) is 3.14. The highest BCUT2D eigenvalue weighted by Gasteiger charge is 2.21. The Morgan fingerprint density at radius 2 is 1.89 bits per heavy atom. The van der Waals surface area contributed by atoms with E-state index >= 15 is 0 Å². The Labute approximate surface area is 181 Å². The molecule has 0 aliphatic carbocycles. The summed E-state index contributed by atoms with van der Waals surface area (Å²) < 4.78 is 11.2. The van der Waals surface area contributed by atoms with Crippen molar-refractivity contribution in [2.45, 2.75) is 51.8 Å². The number of rotatable bonds is 7. The first-order chi connectivity index (χ1) is 12.5. The molecule has 1 aromatic rings. The lowest BCUT2D eigenvalue weighted by Crippen LogP contribution is -2.50. The van der Waals surface area contributed by atoms with Crippen molar-refractivity contribution in [3.8, 4) is 11.5 Å². The van der Waals surface area contributed by atoms with Crippen LogP contribution in [0.5, 0.6) is 11.5 Å². The predicted octanol–water partition coefficient (Wildman–Crippen LogP) is 3.12. The van der Waals surface area contributed by atoms with Crippen LogP contribution >= 0.6 is 24.0 Å². The second kappa shape index (κ2) is 12.3. The largest absolute Gasteiger partial charge is 0.497 e. The molecule has 1 aliphatic rings. The third-order valence-electron chi connectivity index (χ3n) is 4.76. The highest BCUT2D eigenvalue weighted by Crippen LogP contribution is 2.19. The second-order valence-electron chi connectivity index (χ2n) is 7.11. The van der Waals surface area contributed by atoms with Gasteiger partial charge in [0.1, 0.15) is 17.6 Å². The van der Waals surface area contributed by atoms with Crippen molar-refractivity contribution in [1.82, 2.24) is 15.5 Å². The summed E-state index contributed by atoms with van der Waals surface area (Å²) in [5, 5.41) is 6.91. The van der Waals surface area contributed by atoms with Crippen LogP contribution in [0.1, 0.15) is 33.6 Å². The molecule has 0 spiro atoms. The van der Waals surface area contributed by atoms with Crippen molar-refractivity contribution in [3.05, 3.63) is 24.3 Å². The highest BCUT2D eigenvalue weighted by atomic mass is 127. The molecule has 1 fully saturated rings. The van der Waals surface area contributed by atoms with E-state index in [0.717, 1.165) is 43.4 Å². The van der Waals surface area contributed by atoms with Crippen LogP contribution in [-0.4, -0.2) is 62.8 Å². The minimum Gasteiger partial charge on any atom is -0.497 e. The molecule has 0 bridgehead atoms. The Kier molecular flexibility index (Phi) is 10.8. The lowest BCUT2D eigenvalue weighted by molar-refractivity contribution is 0.167. The summed E-state index contributed by atoms with van der Waals surface area (Å²) in [6.45, 7) is 9.53. The van der Waals surface area contributed by atoms with Gasteiger partial charge in [-0.25, -0.2) is 0 Å². The molecule has 27 heavy (non-hydrogen) atoms. The van der Waals surface area contributed by atoms with E-state index in [-0.39, 0.29) is 30.1 Å². The molecule has 1 heterocycles. The first kappa shape index (κ1) is 23.8. The molecule has 1 saturated heterocycles. The summed E-state index contributed by atoms with van der Waals surface area (Å²) in [6.07, 6.45) is 2.31. The van der Waals surface area contributed by atoms with Crippen LogP contribution in [0, 0.1) is 0 Å². The van der Waals surface area contributed by atoms with Gasteiger partial charge < -0.3 is 25.0 Å². The molecule has 0 radical (unpaired) electrons. The Bertz CT molecular complexity index is 575. The van der Waals surface area contributed by atoms with Crippen LogP contribution < -0.4 is 20.1 Å². The summed E-state index contributed by atoms with van der Waals surface area (Å²) in [7, 11) is 3.47. The molecule has 0 amide bonds. The van der Waals surface area contributed by atoms with Crippen molar-refractivity contribution in [2.75, 3.05) is 33.8 Å². The van der Waals surface area contributed by atoms with Gasteiger partial charge in [0.15, 0.2) is 5.96 Å². The van der Waals surface area contributed by atoms with Crippen molar-refractivity contribution in [1.29, 1.82) is 0 Å². The molecule has 2 N–H and O–H groups in total. The maximum atomic E-state index is 5.95. The van der Waals surface area contributed by atoms with Crippen molar-refractivity contribution < 1.29 is 9.47 Å². The molecule has 2 rings (SSSR count). The third-order valence-corrected chi connectivity index (χ3v) is 4.76. The van der Waals surface area contributed by atoms with Crippen LogP contribution in [0.2, 0.25) is 0 Å². The summed E-state index contributed by atoms with van der Waals surface area (Å²) in [5.74, 6) is 2.45. The van der Waals surface area contributed by atoms with Crippen molar-refractivity contribution in [3.63, 3.8) is 0 Å². The summed E-state index contributed by atoms with van der Waals surface area (Å²) in [4.78, 5) is 6.87. The number of hydrogen-bond donors (Lipinski definition) is 2. The zero-order valence-electron chi connectivity index (χ0n) is 17.2. The second-order valence-corrected chi connectivity index (χ2v) is 7.11. The number of ether oxygens (including phenoxy) is 2. The van der Waals surface area contributed by atoms with Gasteiger partial charge in [-0.05, 0) is 45.7 Å². The van der Waals surface area contributed by atoms with Gasteiger partial charge in [-0.15, -0.1) is 24.0 Å². The zero-order valence-corrected chi connectivity index (χ0v) is 19.5. The van der Waals surface area contributed by atoms with Gasteiger partial charge >= 0.3 is 0 Å². The van der Waals surface area contributed by atoms with Gasteiger partial charge in [-0.2, -0.15) is 0 Å². The van der Waals surface area contributed by atoms with Gasteiger partial charge in [0.05, 0.1) is 13.7 Å². The molecule has 7 heteroatoms. The quantitative estimate of drug-likeness (QED) is 0.350. The van der Waals surface area contributed by atoms with Gasteiger partial charge in [-0.1, -0.05) is 6.07 Å². The van der Waals surface area contributed by atoms with Crippen LogP contribution in [0.3, 0.4) is 0 Å². The number of piperidine rings is 1. The number of aliphatic imine (C=N–C) groups is 1. The van der Waals surface area contributed by atoms with E-state index in [1.54, 1.807) is 7.11 Å². The number of benzene rings is 1. The monoisotopic (exact) mass is 490 g/mol. The molecule has 154 valence electrons. The van der Waals surface area contributed by atoms with E-state index in [1.165, 1.54) is 0 Å². The SMILES string of the molecule is CN=C(NCC(C)Oc1cccc(OC)c1)NC1CCN(C(C)C)CC1.I. The van der Waals surface area contributed by atoms with Gasteiger partial charge in [-0.3, -0.25) is 4.99 Å². The molecule has 0 aromatic heterocycles. The fourth-order valence-corrected chi connectivity index (χ4v) is 3.14. The van der Waals surface area contributed by atoms with Gasteiger partial charge in [0.2, 0.25) is 0 Å². The Morgan fingerprint density at radius 1 is 1.22 bits per heavy atom. The number of halogens is 1. The van der Waals surface area contributed by atoms with Crippen molar-refractivity contribution in [2.24, 2.45) is 4.99 Å². The first-order valence-corrected chi connectivity index (χ1v) is 9.53. The average molecular weight is 490 g/mol. The smallest absolute Gasteiger partial charge is 0.191 e. The molecular formula is C20H35IN4O2. The standard InChI is InChI=1S/C20H34N4O2.HI/c1-15(2)24-11-9-17(10-12-24)23-20(21-4)22-14-16(3)26-19-8-6-7-18(13-19)25-5;/h6-8,13,15-17H,9-12,14H2,1-5H3,(H2,21,22,23);1H. The van der Waals surface area contributed by atoms with E-state index in [2.05, 4.69) is 34.4 Å². The van der Waals surface area contributed by atoms with E-state index in [1.807, 2.05) is 38.2 Å². The van der Waals surface area contributed by atoms with E-state index in [9.17, 15) is 0 Å². The van der Waals surface area contributed by atoms with E-state index in [4.69, 9.17) is 9.47 Å². The lowest BCUT2D eigenvalue weighted by Gasteiger charge is -2.35. The predicted molar refractivity (Wildman–Crippen MR) is 123 cm³/mol. The Hall–Kier alpha value is -1.22. The highest BCUT2D eigenvalue weighted by molar-refractivity contribution is 14.0. The average Bonchev–Trinajstić information content (AvgIpc) is 2.65. The minimum absolute atomic E-state index is 0. The molecule has 6 nitrogen and oxygen atoms in total. The van der Waals surface area contributed by atoms with Crippen LogP contribution in [-0.2, 0) is 0 Å². The molecule has 1 aliphatic heterocycles. The lowest BCUT2D eigenvalue weighted by atomic mass is 10.0. The number of methoxy groups -OCH3 is 1. The summed E-state index contributed by atoms with van der Waals surface area (Å²) in [5.41, 5.74) is 0. The maximum absolute atomic E-state index is 5.95. The molecule has 1 aromatic carbocycles. The third kappa shape index (κ3) is 8.13. The van der Waals surface area contributed by atoms with Crippen LogP contribution in [0.15, 0.2) is 29.3 Å². The fraction of sp³-hybridized carbons (Fsp3) is 0.650. The summed E-state index contributed by atoms with van der Waals surface area (Å²) in [6, 6.07) is 8.78.